The number of hydrogen-bond acceptors (Lipinski definition) is 5. The van der Waals surface area contributed by atoms with Crippen molar-refractivity contribution in [1.82, 2.24) is 10.0 Å². The number of urea groups is 1. The minimum absolute atomic E-state index is 0.0104. The Kier molecular flexibility index (Phi) is 9.76. The van der Waals surface area contributed by atoms with Crippen molar-refractivity contribution >= 4 is 27.6 Å². The predicted molar refractivity (Wildman–Crippen MR) is 159 cm³/mol. The fourth-order valence-corrected chi connectivity index (χ4v) is 5.64. The van der Waals surface area contributed by atoms with E-state index in [0.29, 0.717) is 30.0 Å². The molecule has 2 N–H and O–H groups in total. The Labute approximate surface area is 241 Å². The molecule has 41 heavy (non-hydrogen) atoms. The molecule has 0 heterocycles. The third kappa shape index (κ3) is 7.95. The highest BCUT2D eigenvalue weighted by molar-refractivity contribution is 7.90. The number of ether oxygens (including phenoxy) is 1. The first-order valence-corrected chi connectivity index (χ1v) is 14.7. The first kappa shape index (κ1) is 29.4. The summed E-state index contributed by atoms with van der Waals surface area (Å²) in [7, 11) is -2.60. The number of hydrogen-bond donors (Lipinski definition) is 2. The second kappa shape index (κ2) is 13.6. The van der Waals surface area contributed by atoms with Crippen molar-refractivity contribution in [3.63, 3.8) is 0 Å². The van der Waals surface area contributed by atoms with Gasteiger partial charge in [-0.2, -0.15) is 0 Å². The molecular weight excluding hydrogens is 538 g/mol. The third-order valence-electron chi connectivity index (χ3n) is 6.61. The van der Waals surface area contributed by atoms with Crippen LogP contribution in [-0.2, 0) is 27.7 Å². The molecule has 0 aliphatic carbocycles. The van der Waals surface area contributed by atoms with Gasteiger partial charge in [0.1, 0.15) is 11.8 Å². The molecule has 9 heteroatoms. The molecule has 3 amide bonds. The van der Waals surface area contributed by atoms with Gasteiger partial charge < -0.3 is 15.0 Å². The molecule has 0 unspecified atom stereocenters. The number of rotatable bonds is 11. The second-order valence-corrected chi connectivity index (χ2v) is 11.2. The van der Waals surface area contributed by atoms with Gasteiger partial charge in [0.15, 0.2) is 0 Å². The fourth-order valence-electron chi connectivity index (χ4n) is 4.47. The van der Waals surface area contributed by atoms with Gasteiger partial charge in [0.2, 0.25) is 5.91 Å². The van der Waals surface area contributed by atoms with Crippen LogP contribution in [0.5, 0.6) is 5.75 Å². The standard InChI is InChI=1S/C32H33N3O5S/c1-24-11-9-10-16-30(24)41(38,39)34-32(37)33-29(23-26-14-7-4-8-15-26)31(36)35(22-21-25-12-5-3-6-13-25)27-17-19-28(40-2)20-18-27/h3-20,29H,21-23H2,1-2H3,(H2,33,34,37)/t29-/m0/s1. The lowest BCUT2D eigenvalue weighted by atomic mass is 10.0. The molecule has 212 valence electrons. The van der Waals surface area contributed by atoms with Crippen molar-refractivity contribution in [1.29, 1.82) is 0 Å². The lowest BCUT2D eigenvalue weighted by Gasteiger charge is -2.28. The molecule has 0 bridgehead atoms. The van der Waals surface area contributed by atoms with Crippen molar-refractivity contribution in [2.75, 3.05) is 18.6 Å². The van der Waals surface area contributed by atoms with E-state index >= 15 is 0 Å². The average Bonchev–Trinajstić information content (AvgIpc) is 2.98. The van der Waals surface area contributed by atoms with Crippen LogP contribution in [0.2, 0.25) is 0 Å². The van der Waals surface area contributed by atoms with Gasteiger partial charge in [-0.15, -0.1) is 0 Å². The molecule has 0 aromatic heterocycles. The van der Waals surface area contributed by atoms with Crippen LogP contribution >= 0.6 is 0 Å². The van der Waals surface area contributed by atoms with Crippen LogP contribution in [0.1, 0.15) is 16.7 Å². The SMILES string of the molecule is COc1ccc(N(CCc2ccccc2)C(=O)[C@H](Cc2ccccc2)NC(=O)NS(=O)(=O)c2ccccc2C)cc1. The Morgan fingerprint density at radius 2 is 1.39 bits per heavy atom. The Morgan fingerprint density at radius 1 is 0.805 bits per heavy atom. The summed E-state index contributed by atoms with van der Waals surface area (Å²) in [6, 6.07) is 30.5. The topological polar surface area (TPSA) is 105 Å². The summed E-state index contributed by atoms with van der Waals surface area (Å²) < 4.78 is 33.3. The van der Waals surface area contributed by atoms with E-state index in [1.54, 1.807) is 61.4 Å². The molecule has 4 rings (SSSR count). The van der Waals surface area contributed by atoms with Crippen molar-refractivity contribution in [3.05, 3.63) is 126 Å². The fraction of sp³-hybridized carbons (Fsp3) is 0.188. The van der Waals surface area contributed by atoms with Crippen LogP contribution in [0, 0.1) is 6.92 Å². The van der Waals surface area contributed by atoms with Gasteiger partial charge in [-0.05, 0) is 60.4 Å². The summed E-state index contributed by atoms with van der Waals surface area (Å²) in [5.41, 5.74) is 2.98. The van der Waals surface area contributed by atoms with E-state index in [1.165, 1.54) is 6.07 Å². The predicted octanol–water partition coefficient (Wildman–Crippen LogP) is 4.88. The number of nitrogens with one attached hydrogen (secondary N) is 2. The molecule has 4 aromatic carbocycles. The number of amides is 3. The van der Waals surface area contributed by atoms with Crippen LogP contribution in [0.15, 0.2) is 114 Å². The van der Waals surface area contributed by atoms with E-state index < -0.39 is 22.1 Å². The molecule has 1 atom stereocenters. The van der Waals surface area contributed by atoms with E-state index in [0.717, 1.165) is 11.1 Å². The quantitative estimate of drug-likeness (QED) is 0.267. The highest BCUT2D eigenvalue weighted by Crippen LogP contribution is 2.22. The van der Waals surface area contributed by atoms with Gasteiger partial charge in [-0.25, -0.2) is 17.9 Å². The zero-order valence-corrected chi connectivity index (χ0v) is 23.8. The highest BCUT2D eigenvalue weighted by Gasteiger charge is 2.29. The summed E-state index contributed by atoms with van der Waals surface area (Å²) >= 11 is 0. The maximum Gasteiger partial charge on any atom is 0.329 e. The summed E-state index contributed by atoms with van der Waals surface area (Å²) in [5, 5.41) is 2.64. The maximum absolute atomic E-state index is 14.2. The Hall–Kier alpha value is -4.63. The van der Waals surface area contributed by atoms with Crippen molar-refractivity contribution in [2.24, 2.45) is 0 Å². The molecule has 0 spiro atoms. The summed E-state index contributed by atoms with van der Waals surface area (Å²) in [6.07, 6.45) is 0.736. The molecule has 0 fully saturated rings. The van der Waals surface area contributed by atoms with Gasteiger partial charge in [0.05, 0.1) is 12.0 Å². The largest absolute Gasteiger partial charge is 0.497 e. The van der Waals surface area contributed by atoms with Crippen molar-refractivity contribution < 1.29 is 22.7 Å². The minimum Gasteiger partial charge on any atom is -0.497 e. The number of methoxy groups -OCH3 is 1. The number of sulfonamides is 1. The maximum atomic E-state index is 14.2. The van der Waals surface area contributed by atoms with Crippen LogP contribution in [-0.4, -0.2) is 40.1 Å². The van der Waals surface area contributed by atoms with E-state index in [1.807, 2.05) is 60.7 Å². The first-order chi connectivity index (χ1) is 19.8. The second-order valence-electron chi connectivity index (χ2n) is 9.51. The van der Waals surface area contributed by atoms with E-state index in [-0.39, 0.29) is 17.2 Å². The van der Waals surface area contributed by atoms with E-state index in [9.17, 15) is 18.0 Å². The van der Waals surface area contributed by atoms with Gasteiger partial charge in [0.25, 0.3) is 10.0 Å². The number of carbonyl (C=O) groups is 2. The third-order valence-corrected chi connectivity index (χ3v) is 8.10. The lowest BCUT2D eigenvalue weighted by molar-refractivity contribution is -0.120. The van der Waals surface area contributed by atoms with Gasteiger partial charge in [-0.1, -0.05) is 78.9 Å². The number of aryl methyl sites for hydroxylation is 1. The number of nitrogens with zero attached hydrogens (tertiary/aromatic N) is 1. The lowest BCUT2D eigenvalue weighted by Crippen LogP contribution is -2.53. The molecular formula is C32H33N3O5S. The summed E-state index contributed by atoms with van der Waals surface area (Å²) in [6.45, 7) is 1.99. The normalized spacial score (nSPS) is 11.8. The molecule has 0 saturated heterocycles. The number of carbonyl (C=O) groups excluding carboxylic acids is 2. The average molecular weight is 572 g/mol. The van der Waals surface area contributed by atoms with Gasteiger partial charge in [0, 0.05) is 18.7 Å². The monoisotopic (exact) mass is 571 g/mol. The van der Waals surface area contributed by atoms with Crippen LogP contribution in [0.4, 0.5) is 10.5 Å². The Morgan fingerprint density at radius 3 is 2.00 bits per heavy atom. The van der Waals surface area contributed by atoms with Gasteiger partial charge in [-0.3, -0.25) is 4.79 Å². The molecule has 0 saturated carbocycles. The Balaban J connectivity index is 1.62. The summed E-state index contributed by atoms with van der Waals surface area (Å²) in [5.74, 6) is 0.266. The highest BCUT2D eigenvalue weighted by atomic mass is 32.2. The molecule has 0 aliphatic heterocycles. The van der Waals surface area contributed by atoms with Crippen LogP contribution in [0.3, 0.4) is 0 Å². The zero-order valence-electron chi connectivity index (χ0n) is 23.0. The molecule has 8 nitrogen and oxygen atoms in total. The number of anilines is 1. The van der Waals surface area contributed by atoms with E-state index in [2.05, 4.69) is 10.0 Å². The molecule has 0 aliphatic rings. The smallest absolute Gasteiger partial charge is 0.329 e. The van der Waals surface area contributed by atoms with Crippen LogP contribution < -0.4 is 19.7 Å². The summed E-state index contributed by atoms with van der Waals surface area (Å²) in [4.78, 5) is 28.8. The molecule has 0 radical (unpaired) electrons. The first-order valence-electron chi connectivity index (χ1n) is 13.2. The van der Waals surface area contributed by atoms with Gasteiger partial charge >= 0.3 is 6.03 Å². The minimum atomic E-state index is -4.16. The molecule has 4 aromatic rings. The van der Waals surface area contributed by atoms with Crippen molar-refractivity contribution in [2.45, 2.75) is 30.7 Å². The zero-order chi connectivity index (χ0) is 29.2. The van der Waals surface area contributed by atoms with Crippen molar-refractivity contribution in [3.8, 4) is 5.75 Å². The van der Waals surface area contributed by atoms with Crippen LogP contribution in [0.25, 0.3) is 0 Å². The Bertz CT molecular complexity index is 1560. The van der Waals surface area contributed by atoms with E-state index in [4.69, 9.17) is 4.74 Å². The number of benzene rings is 4.